The first-order chi connectivity index (χ1) is 9.81. The maximum absolute atomic E-state index is 5.34. The van der Waals surface area contributed by atoms with Crippen molar-refractivity contribution in [2.45, 2.75) is 32.2 Å². The Bertz CT molecular complexity index is 572. The molecule has 0 saturated carbocycles. The third-order valence-electron chi connectivity index (χ3n) is 3.69. The van der Waals surface area contributed by atoms with Crippen molar-refractivity contribution in [1.82, 2.24) is 10.3 Å². The van der Waals surface area contributed by atoms with Crippen molar-refractivity contribution in [3.63, 3.8) is 0 Å². The fraction of sp³-hybridized carbons (Fsp3) is 0.438. The summed E-state index contributed by atoms with van der Waals surface area (Å²) in [6.45, 7) is 3.06. The molecular formula is C16H20N2OS. The van der Waals surface area contributed by atoms with E-state index >= 15 is 0 Å². The minimum atomic E-state index is 0.172. The van der Waals surface area contributed by atoms with Gasteiger partial charge in [-0.2, -0.15) is 0 Å². The van der Waals surface area contributed by atoms with Crippen LogP contribution in [0.15, 0.2) is 24.3 Å². The largest absolute Gasteiger partial charge is 0.497 e. The smallest absolute Gasteiger partial charge is 0.119 e. The van der Waals surface area contributed by atoms with Crippen molar-refractivity contribution in [3.8, 4) is 5.75 Å². The lowest BCUT2D eigenvalue weighted by molar-refractivity contribution is 0.413. The molecule has 1 atom stereocenters. The van der Waals surface area contributed by atoms with Crippen LogP contribution in [0.2, 0.25) is 0 Å². The Labute approximate surface area is 124 Å². The number of rotatable bonds is 5. The zero-order chi connectivity index (χ0) is 13.9. The number of hydrogen-bond donors (Lipinski definition) is 1. The van der Waals surface area contributed by atoms with E-state index in [-0.39, 0.29) is 6.04 Å². The molecule has 0 bridgehead atoms. The average molecular weight is 288 g/mol. The number of hydrogen-bond acceptors (Lipinski definition) is 4. The normalized spacial score (nSPS) is 15.1. The van der Waals surface area contributed by atoms with E-state index in [2.05, 4.69) is 24.4 Å². The topological polar surface area (TPSA) is 34.1 Å². The molecule has 1 unspecified atom stereocenters. The summed E-state index contributed by atoms with van der Waals surface area (Å²) in [5.41, 5.74) is 2.54. The molecule has 0 spiro atoms. The van der Waals surface area contributed by atoms with Gasteiger partial charge in [0.25, 0.3) is 0 Å². The maximum atomic E-state index is 5.34. The predicted molar refractivity (Wildman–Crippen MR) is 82.7 cm³/mol. The van der Waals surface area contributed by atoms with Gasteiger partial charge in [0.2, 0.25) is 0 Å². The fourth-order valence-corrected chi connectivity index (χ4v) is 3.96. The molecule has 0 radical (unpaired) electrons. The molecule has 1 aromatic heterocycles. The van der Waals surface area contributed by atoms with Crippen molar-refractivity contribution in [2.24, 2.45) is 0 Å². The summed E-state index contributed by atoms with van der Waals surface area (Å²) in [7, 11) is 1.71. The Morgan fingerprint density at radius 2 is 2.30 bits per heavy atom. The molecule has 106 valence electrons. The third kappa shape index (κ3) is 2.58. The first-order valence-electron chi connectivity index (χ1n) is 7.17. The summed E-state index contributed by atoms with van der Waals surface area (Å²) in [6, 6.07) is 8.43. The number of thiazole rings is 1. The van der Waals surface area contributed by atoms with Crippen LogP contribution in [0, 0.1) is 0 Å². The highest BCUT2D eigenvalue weighted by molar-refractivity contribution is 7.11. The minimum Gasteiger partial charge on any atom is -0.497 e. The van der Waals surface area contributed by atoms with E-state index in [1.165, 1.54) is 34.0 Å². The van der Waals surface area contributed by atoms with E-state index in [1.807, 2.05) is 23.5 Å². The van der Waals surface area contributed by atoms with E-state index in [4.69, 9.17) is 9.72 Å². The number of nitrogens with zero attached hydrogens (tertiary/aromatic N) is 1. The standard InChI is InChI=1S/C16H20N2OS/c1-3-17-15(11-6-4-7-12(10-11)19-2)16-18-13-8-5-9-14(13)20-16/h4,6-7,10,15,17H,3,5,8-9H2,1-2H3. The Hall–Kier alpha value is -1.39. The van der Waals surface area contributed by atoms with Gasteiger partial charge in [0.1, 0.15) is 10.8 Å². The van der Waals surface area contributed by atoms with E-state index in [0.29, 0.717) is 0 Å². The molecule has 1 aliphatic rings. The maximum Gasteiger partial charge on any atom is 0.119 e. The van der Waals surface area contributed by atoms with Crippen molar-refractivity contribution >= 4 is 11.3 Å². The lowest BCUT2D eigenvalue weighted by atomic mass is 10.1. The third-order valence-corrected chi connectivity index (χ3v) is 4.92. The number of fused-ring (bicyclic) bond motifs is 1. The Kier molecular flexibility index (Phi) is 4.03. The predicted octanol–water partition coefficient (Wildman–Crippen LogP) is 3.34. The second kappa shape index (κ2) is 5.94. The lowest BCUT2D eigenvalue weighted by Gasteiger charge is -2.16. The van der Waals surface area contributed by atoms with Crippen LogP contribution in [-0.4, -0.2) is 18.6 Å². The molecular weight excluding hydrogens is 268 g/mol. The molecule has 2 aromatic rings. The first-order valence-corrected chi connectivity index (χ1v) is 7.99. The number of methoxy groups -OCH3 is 1. The molecule has 3 rings (SSSR count). The van der Waals surface area contributed by atoms with Gasteiger partial charge in [0.15, 0.2) is 0 Å². The second-order valence-corrected chi connectivity index (χ2v) is 6.16. The van der Waals surface area contributed by atoms with E-state index in [0.717, 1.165) is 18.7 Å². The quantitative estimate of drug-likeness (QED) is 0.916. The molecule has 4 heteroatoms. The summed E-state index contributed by atoms with van der Waals surface area (Å²) in [6.07, 6.45) is 3.60. The lowest BCUT2D eigenvalue weighted by Crippen LogP contribution is -2.22. The molecule has 1 aromatic carbocycles. The van der Waals surface area contributed by atoms with Gasteiger partial charge in [-0.3, -0.25) is 0 Å². The summed E-state index contributed by atoms with van der Waals surface area (Å²) < 4.78 is 5.34. The molecule has 0 saturated heterocycles. The number of aromatic nitrogens is 1. The molecule has 20 heavy (non-hydrogen) atoms. The van der Waals surface area contributed by atoms with Gasteiger partial charge >= 0.3 is 0 Å². The fourth-order valence-electron chi connectivity index (χ4n) is 2.71. The number of aryl methyl sites for hydroxylation is 2. The molecule has 3 nitrogen and oxygen atoms in total. The molecule has 0 aliphatic heterocycles. The van der Waals surface area contributed by atoms with E-state index < -0.39 is 0 Å². The number of benzene rings is 1. The number of ether oxygens (including phenoxy) is 1. The molecule has 1 aliphatic carbocycles. The monoisotopic (exact) mass is 288 g/mol. The summed E-state index contributed by atoms with van der Waals surface area (Å²) >= 11 is 1.86. The highest BCUT2D eigenvalue weighted by Crippen LogP contribution is 2.33. The highest BCUT2D eigenvalue weighted by Gasteiger charge is 2.22. The zero-order valence-corrected chi connectivity index (χ0v) is 12.8. The van der Waals surface area contributed by atoms with Crippen LogP contribution < -0.4 is 10.1 Å². The van der Waals surface area contributed by atoms with Gasteiger partial charge in [-0.1, -0.05) is 19.1 Å². The van der Waals surface area contributed by atoms with Crippen LogP contribution in [0.1, 0.15) is 40.5 Å². The molecule has 0 amide bonds. The molecule has 0 fully saturated rings. The van der Waals surface area contributed by atoms with Crippen LogP contribution in [0.25, 0.3) is 0 Å². The molecule has 1 heterocycles. The van der Waals surface area contributed by atoms with Crippen LogP contribution in [0.5, 0.6) is 5.75 Å². The summed E-state index contributed by atoms with van der Waals surface area (Å²) in [4.78, 5) is 6.33. The van der Waals surface area contributed by atoms with Crippen LogP contribution >= 0.6 is 11.3 Å². The Balaban J connectivity index is 1.94. The van der Waals surface area contributed by atoms with Gasteiger partial charge in [-0.05, 0) is 43.5 Å². The van der Waals surface area contributed by atoms with Gasteiger partial charge in [-0.25, -0.2) is 4.98 Å². The second-order valence-electron chi connectivity index (χ2n) is 5.04. The Morgan fingerprint density at radius 3 is 3.05 bits per heavy atom. The van der Waals surface area contributed by atoms with Crippen molar-refractivity contribution in [3.05, 3.63) is 45.4 Å². The summed E-state index contributed by atoms with van der Waals surface area (Å²) in [5, 5.41) is 4.73. The first kappa shape index (κ1) is 13.6. The summed E-state index contributed by atoms with van der Waals surface area (Å²) in [5.74, 6) is 0.898. The number of nitrogens with one attached hydrogen (secondary N) is 1. The van der Waals surface area contributed by atoms with Gasteiger partial charge in [0.05, 0.1) is 18.8 Å². The van der Waals surface area contributed by atoms with Crippen molar-refractivity contribution in [2.75, 3.05) is 13.7 Å². The van der Waals surface area contributed by atoms with E-state index in [1.54, 1.807) is 7.11 Å². The average Bonchev–Trinajstić information content (AvgIpc) is 3.06. The highest BCUT2D eigenvalue weighted by atomic mass is 32.1. The van der Waals surface area contributed by atoms with Gasteiger partial charge < -0.3 is 10.1 Å². The van der Waals surface area contributed by atoms with Crippen molar-refractivity contribution in [1.29, 1.82) is 0 Å². The van der Waals surface area contributed by atoms with E-state index in [9.17, 15) is 0 Å². The van der Waals surface area contributed by atoms with Gasteiger partial charge in [-0.15, -0.1) is 11.3 Å². The van der Waals surface area contributed by atoms with Gasteiger partial charge in [0, 0.05) is 4.88 Å². The Morgan fingerprint density at radius 1 is 1.40 bits per heavy atom. The zero-order valence-electron chi connectivity index (χ0n) is 12.0. The molecule has 1 N–H and O–H groups in total. The SMILES string of the molecule is CCNC(c1cccc(OC)c1)c1nc2c(s1)CCC2. The van der Waals surface area contributed by atoms with Crippen LogP contribution in [0.3, 0.4) is 0 Å². The van der Waals surface area contributed by atoms with Crippen LogP contribution in [0.4, 0.5) is 0 Å². The van der Waals surface area contributed by atoms with Crippen LogP contribution in [-0.2, 0) is 12.8 Å². The minimum absolute atomic E-state index is 0.172. The van der Waals surface area contributed by atoms with Crippen molar-refractivity contribution < 1.29 is 4.74 Å².